The van der Waals surface area contributed by atoms with Crippen molar-refractivity contribution >= 4 is 44.4 Å². The molecular formula is C28H25ClF2N4O3S. The van der Waals surface area contributed by atoms with Crippen molar-refractivity contribution in [2.45, 2.75) is 24.4 Å². The van der Waals surface area contributed by atoms with Crippen LogP contribution >= 0.6 is 11.6 Å². The Morgan fingerprint density at radius 1 is 1.15 bits per heavy atom. The van der Waals surface area contributed by atoms with Crippen molar-refractivity contribution in [1.29, 1.82) is 0 Å². The summed E-state index contributed by atoms with van der Waals surface area (Å²) in [6, 6.07) is 11.3. The zero-order valence-electron chi connectivity index (χ0n) is 21.0. The number of hydrogen-bond acceptors (Lipinski definition) is 5. The molecule has 0 fully saturated rings. The summed E-state index contributed by atoms with van der Waals surface area (Å²) in [5, 5.41) is 3.94. The molecule has 2 aromatic carbocycles. The Morgan fingerprint density at radius 3 is 2.72 bits per heavy atom. The second-order valence-electron chi connectivity index (χ2n) is 9.41. The SMILES string of the molecule is CS(=O)(=O)c1ccc2c(c1)c1c(n2C(=O)NCc2ccnc(Cl)c2)CCN(C/C=C/c2ccc(F)cc2F)C1. The van der Waals surface area contributed by atoms with Crippen LogP contribution in [0.15, 0.2) is 65.7 Å². The maximum absolute atomic E-state index is 14.0. The topological polar surface area (TPSA) is 84.3 Å². The van der Waals surface area contributed by atoms with E-state index in [1.54, 1.807) is 47.2 Å². The van der Waals surface area contributed by atoms with Gasteiger partial charge in [0.25, 0.3) is 0 Å². The fourth-order valence-electron chi connectivity index (χ4n) is 4.79. The first-order valence-corrected chi connectivity index (χ1v) is 14.5. The van der Waals surface area contributed by atoms with Gasteiger partial charge in [-0.2, -0.15) is 0 Å². The Bertz CT molecular complexity index is 1720. The zero-order chi connectivity index (χ0) is 27.7. The van der Waals surface area contributed by atoms with Crippen LogP contribution in [0.25, 0.3) is 17.0 Å². The quantitative estimate of drug-likeness (QED) is 0.322. The van der Waals surface area contributed by atoms with E-state index in [9.17, 15) is 22.0 Å². The molecule has 5 rings (SSSR count). The van der Waals surface area contributed by atoms with Gasteiger partial charge in [0.15, 0.2) is 9.84 Å². The van der Waals surface area contributed by atoms with Crippen LogP contribution in [0, 0.1) is 11.6 Å². The average molecular weight is 571 g/mol. The van der Waals surface area contributed by atoms with Gasteiger partial charge in [0.05, 0.1) is 10.4 Å². The van der Waals surface area contributed by atoms with Crippen molar-refractivity contribution < 1.29 is 22.0 Å². The van der Waals surface area contributed by atoms with Gasteiger partial charge in [-0.25, -0.2) is 27.0 Å². The molecule has 2 aromatic heterocycles. The molecule has 4 aromatic rings. The van der Waals surface area contributed by atoms with Gasteiger partial charge in [-0.15, -0.1) is 0 Å². The Balaban J connectivity index is 1.44. The van der Waals surface area contributed by atoms with Crippen molar-refractivity contribution in [1.82, 2.24) is 19.8 Å². The van der Waals surface area contributed by atoms with Crippen LogP contribution in [0.4, 0.5) is 13.6 Å². The monoisotopic (exact) mass is 570 g/mol. The predicted octanol–water partition coefficient (Wildman–Crippen LogP) is 5.20. The normalized spacial score (nSPS) is 14.2. The Hall–Kier alpha value is -3.60. The molecule has 11 heteroatoms. The van der Waals surface area contributed by atoms with Gasteiger partial charge in [0.1, 0.15) is 16.8 Å². The van der Waals surface area contributed by atoms with Gasteiger partial charge in [-0.3, -0.25) is 9.47 Å². The van der Waals surface area contributed by atoms with Crippen molar-refractivity contribution in [3.8, 4) is 0 Å². The second-order valence-corrected chi connectivity index (χ2v) is 11.8. The molecule has 1 aliphatic rings. The van der Waals surface area contributed by atoms with Crippen molar-refractivity contribution in [2.75, 3.05) is 19.3 Å². The highest BCUT2D eigenvalue weighted by Gasteiger charge is 2.27. The molecule has 0 bridgehead atoms. The third-order valence-electron chi connectivity index (χ3n) is 6.69. The van der Waals surface area contributed by atoms with E-state index < -0.39 is 21.5 Å². The number of fused-ring (bicyclic) bond motifs is 3. The molecule has 1 aliphatic heterocycles. The lowest BCUT2D eigenvalue weighted by atomic mass is 10.0. The highest BCUT2D eigenvalue weighted by molar-refractivity contribution is 7.90. The first kappa shape index (κ1) is 27.0. The molecule has 0 atom stereocenters. The standard InChI is InChI=1S/C28H25ClF2N4O3S/c1-39(37,38)21-6-7-25-22(15-21)23-17-34(11-2-3-19-4-5-20(30)14-24(19)31)12-9-26(23)35(25)28(36)33-16-18-8-10-32-27(29)13-18/h2-8,10,13-15H,9,11-12,16-17H2,1H3,(H,33,36)/b3-2+. The van der Waals surface area contributed by atoms with E-state index in [1.165, 1.54) is 18.2 Å². The first-order valence-electron chi connectivity index (χ1n) is 12.2. The number of sulfone groups is 1. The number of carbonyl (C=O) groups is 1. The first-order chi connectivity index (χ1) is 18.6. The molecular weight excluding hydrogens is 546 g/mol. The molecule has 202 valence electrons. The maximum atomic E-state index is 14.0. The van der Waals surface area contributed by atoms with Crippen molar-refractivity contribution in [3.05, 3.63) is 100.0 Å². The van der Waals surface area contributed by atoms with E-state index in [0.29, 0.717) is 42.1 Å². The minimum absolute atomic E-state index is 0.172. The lowest BCUT2D eigenvalue weighted by Gasteiger charge is -2.27. The van der Waals surface area contributed by atoms with Crippen molar-refractivity contribution in [2.24, 2.45) is 0 Å². The summed E-state index contributed by atoms with van der Waals surface area (Å²) < 4.78 is 53.4. The summed E-state index contributed by atoms with van der Waals surface area (Å²) in [7, 11) is -3.46. The van der Waals surface area contributed by atoms with Gasteiger partial charge in [-0.1, -0.05) is 23.8 Å². The van der Waals surface area contributed by atoms with Crippen molar-refractivity contribution in [3.63, 3.8) is 0 Å². The van der Waals surface area contributed by atoms with Crippen LogP contribution in [-0.2, 0) is 29.3 Å². The van der Waals surface area contributed by atoms with Crippen LogP contribution in [0.1, 0.15) is 22.4 Å². The minimum Gasteiger partial charge on any atom is -0.333 e. The number of aromatic nitrogens is 2. The molecule has 0 unspecified atom stereocenters. The number of benzene rings is 2. The molecule has 39 heavy (non-hydrogen) atoms. The van der Waals surface area contributed by atoms with E-state index in [1.807, 2.05) is 0 Å². The number of nitrogens with one attached hydrogen (secondary N) is 1. The van der Waals surface area contributed by atoms with Gasteiger partial charge < -0.3 is 5.32 Å². The fraction of sp³-hybridized carbons (Fsp3) is 0.214. The maximum Gasteiger partial charge on any atom is 0.326 e. The van der Waals surface area contributed by atoms with E-state index in [2.05, 4.69) is 15.2 Å². The fourth-order valence-corrected chi connectivity index (χ4v) is 5.63. The number of rotatable bonds is 6. The van der Waals surface area contributed by atoms with E-state index in [4.69, 9.17) is 11.6 Å². The van der Waals surface area contributed by atoms with Gasteiger partial charge in [0, 0.05) is 67.8 Å². The lowest BCUT2D eigenvalue weighted by Crippen LogP contribution is -2.34. The summed E-state index contributed by atoms with van der Waals surface area (Å²) in [6.45, 7) is 1.83. The third-order valence-corrected chi connectivity index (χ3v) is 8.01. The van der Waals surface area contributed by atoms with Crippen LogP contribution in [0.2, 0.25) is 5.15 Å². The van der Waals surface area contributed by atoms with E-state index in [0.717, 1.165) is 29.1 Å². The van der Waals surface area contributed by atoms with Gasteiger partial charge in [0.2, 0.25) is 0 Å². The van der Waals surface area contributed by atoms with Gasteiger partial charge >= 0.3 is 6.03 Å². The molecule has 0 saturated heterocycles. The summed E-state index contributed by atoms with van der Waals surface area (Å²) in [5.41, 5.74) is 3.37. The van der Waals surface area contributed by atoms with Gasteiger partial charge in [-0.05, 0) is 53.6 Å². The summed E-state index contributed by atoms with van der Waals surface area (Å²) in [6.07, 6.45) is 6.67. The minimum atomic E-state index is -3.46. The number of halogens is 3. The lowest BCUT2D eigenvalue weighted by molar-refractivity contribution is 0.240. The molecule has 1 N–H and O–H groups in total. The van der Waals surface area contributed by atoms with Crippen LogP contribution < -0.4 is 5.32 Å². The predicted molar refractivity (Wildman–Crippen MR) is 146 cm³/mol. The molecule has 0 radical (unpaired) electrons. The molecule has 0 spiro atoms. The summed E-state index contributed by atoms with van der Waals surface area (Å²) >= 11 is 5.96. The summed E-state index contributed by atoms with van der Waals surface area (Å²) in [4.78, 5) is 19.6. The van der Waals surface area contributed by atoms with E-state index in [-0.39, 0.29) is 23.0 Å². The Morgan fingerprint density at radius 2 is 1.97 bits per heavy atom. The second kappa shape index (κ2) is 10.9. The molecule has 0 saturated carbocycles. The Kier molecular flexibility index (Phi) is 7.53. The molecule has 0 aliphatic carbocycles. The average Bonchev–Trinajstić information content (AvgIpc) is 3.21. The summed E-state index contributed by atoms with van der Waals surface area (Å²) in [5.74, 6) is -1.27. The third kappa shape index (κ3) is 5.88. The molecule has 3 heterocycles. The number of hydrogen-bond donors (Lipinski definition) is 1. The number of carbonyl (C=O) groups excluding carboxylic acids is 1. The number of pyridine rings is 1. The van der Waals surface area contributed by atoms with Crippen LogP contribution in [0.5, 0.6) is 0 Å². The molecule has 1 amide bonds. The van der Waals surface area contributed by atoms with Crippen LogP contribution in [-0.4, -0.2) is 48.2 Å². The number of amides is 1. The zero-order valence-corrected chi connectivity index (χ0v) is 22.6. The van der Waals surface area contributed by atoms with E-state index >= 15 is 0 Å². The molecule has 7 nitrogen and oxygen atoms in total. The highest BCUT2D eigenvalue weighted by atomic mass is 35.5. The number of nitrogens with zero attached hydrogens (tertiary/aromatic N) is 3. The smallest absolute Gasteiger partial charge is 0.326 e. The highest BCUT2D eigenvalue weighted by Crippen LogP contribution is 2.32. The largest absolute Gasteiger partial charge is 0.333 e. The van der Waals surface area contributed by atoms with Crippen LogP contribution in [0.3, 0.4) is 0 Å². The Labute approximate surface area is 229 Å².